The number of fused-ring (bicyclic) bond motifs is 1. The lowest BCUT2D eigenvalue weighted by molar-refractivity contribution is 0.219. The second kappa shape index (κ2) is 5.36. The summed E-state index contributed by atoms with van der Waals surface area (Å²) in [6, 6.07) is 7.87. The van der Waals surface area contributed by atoms with Crippen molar-refractivity contribution < 1.29 is 9.47 Å². The van der Waals surface area contributed by atoms with Crippen molar-refractivity contribution >= 4 is 5.95 Å². The van der Waals surface area contributed by atoms with Gasteiger partial charge in [0.15, 0.2) is 0 Å². The molecule has 20 heavy (non-hydrogen) atoms. The summed E-state index contributed by atoms with van der Waals surface area (Å²) in [5.41, 5.74) is 7.78. The summed E-state index contributed by atoms with van der Waals surface area (Å²) in [6.45, 7) is 0.685. The molecule has 3 rings (SSSR count). The van der Waals surface area contributed by atoms with Gasteiger partial charge in [-0.25, -0.2) is 9.97 Å². The quantitative estimate of drug-likeness (QED) is 0.922. The normalized spacial score (nSPS) is 17.1. The fourth-order valence-electron chi connectivity index (χ4n) is 2.50. The number of anilines is 1. The Morgan fingerprint density at radius 3 is 3.10 bits per heavy atom. The highest BCUT2D eigenvalue weighted by molar-refractivity contribution is 5.42. The van der Waals surface area contributed by atoms with Crippen molar-refractivity contribution in [2.45, 2.75) is 12.8 Å². The largest absolute Gasteiger partial charge is 0.497 e. The minimum Gasteiger partial charge on any atom is -0.497 e. The van der Waals surface area contributed by atoms with Crippen molar-refractivity contribution in [1.82, 2.24) is 9.97 Å². The van der Waals surface area contributed by atoms with Gasteiger partial charge in [-0.05, 0) is 30.5 Å². The Balaban J connectivity index is 1.72. The second-order valence-electron chi connectivity index (χ2n) is 4.97. The van der Waals surface area contributed by atoms with Crippen LogP contribution in [0.5, 0.6) is 11.5 Å². The molecule has 1 aromatic carbocycles. The molecule has 1 aliphatic heterocycles. The van der Waals surface area contributed by atoms with Crippen molar-refractivity contribution in [3.63, 3.8) is 0 Å². The van der Waals surface area contributed by atoms with Gasteiger partial charge in [-0.2, -0.15) is 0 Å². The van der Waals surface area contributed by atoms with E-state index in [0.29, 0.717) is 18.5 Å². The predicted molar refractivity (Wildman–Crippen MR) is 75.8 cm³/mol. The van der Waals surface area contributed by atoms with Crippen LogP contribution in [0.4, 0.5) is 5.95 Å². The zero-order chi connectivity index (χ0) is 13.9. The van der Waals surface area contributed by atoms with Crippen LogP contribution in [0, 0.1) is 5.92 Å². The average Bonchev–Trinajstić information content (AvgIpc) is 2.47. The highest BCUT2D eigenvalue weighted by Gasteiger charge is 2.21. The predicted octanol–water partition coefficient (Wildman–Crippen LogP) is 1.86. The topological polar surface area (TPSA) is 70.3 Å². The molecule has 0 spiro atoms. The Morgan fingerprint density at radius 2 is 2.30 bits per heavy atom. The smallest absolute Gasteiger partial charge is 0.220 e. The number of hydrogen-bond acceptors (Lipinski definition) is 5. The molecule has 0 bridgehead atoms. The van der Waals surface area contributed by atoms with E-state index < -0.39 is 0 Å². The molecular formula is C15H17N3O2. The summed E-state index contributed by atoms with van der Waals surface area (Å²) in [4.78, 5) is 8.15. The van der Waals surface area contributed by atoms with Gasteiger partial charge in [0.2, 0.25) is 5.95 Å². The summed E-state index contributed by atoms with van der Waals surface area (Å²) < 4.78 is 11.0. The number of aromatic nitrogens is 2. The summed E-state index contributed by atoms with van der Waals surface area (Å²) in [5.74, 6) is 2.48. The summed E-state index contributed by atoms with van der Waals surface area (Å²) in [6.07, 6.45) is 3.52. The van der Waals surface area contributed by atoms with Crippen molar-refractivity contribution in [3.8, 4) is 11.5 Å². The third kappa shape index (κ3) is 2.66. The van der Waals surface area contributed by atoms with Crippen LogP contribution in [-0.2, 0) is 12.8 Å². The van der Waals surface area contributed by atoms with Gasteiger partial charge in [0.1, 0.15) is 11.5 Å². The lowest BCUT2D eigenvalue weighted by atomic mass is 9.92. The Labute approximate surface area is 117 Å². The zero-order valence-electron chi connectivity index (χ0n) is 11.4. The summed E-state index contributed by atoms with van der Waals surface area (Å²) in [7, 11) is 1.66. The summed E-state index contributed by atoms with van der Waals surface area (Å²) >= 11 is 0. The van der Waals surface area contributed by atoms with Gasteiger partial charge in [0, 0.05) is 23.9 Å². The Hall–Kier alpha value is -2.30. The van der Waals surface area contributed by atoms with Gasteiger partial charge >= 0.3 is 0 Å². The number of nitrogen functional groups attached to an aromatic ring is 1. The van der Waals surface area contributed by atoms with E-state index in [1.54, 1.807) is 13.3 Å². The lowest BCUT2D eigenvalue weighted by Gasteiger charge is -2.25. The fraction of sp³-hybridized carbons (Fsp3) is 0.333. The molecule has 1 aliphatic rings. The molecule has 0 unspecified atom stereocenters. The SMILES string of the molecule is COc1ccc2c(c1)OC[C@@H](Cc1ccnc(N)n1)C2. The maximum atomic E-state index is 5.83. The number of ether oxygens (including phenoxy) is 2. The molecular weight excluding hydrogens is 254 g/mol. The minimum absolute atomic E-state index is 0.323. The minimum atomic E-state index is 0.323. The summed E-state index contributed by atoms with van der Waals surface area (Å²) in [5, 5.41) is 0. The zero-order valence-corrected chi connectivity index (χ0v) is 11.4. The van der Waals surface area contributed by atoms with Crippen molar-refractivity contribution in [2.75, 3.05) is 19.5 Å². The lowest BCUT2D eigenvalue weighted by Crippen LogP contribution is -2.23. The molecule has 104 valence electrons. The van der Waals surface area contributed by atoms with Crippen LogP contribution in [0.3, 0.4) is 0 Å². The van der Waals surface area contributed by atoms with E-state index in [1.807, 2.05) is 18.2 Å². The average molecular weight is 271 g/mol. The van der Waals surface area contributed by atoms with Crippen LogP contribution in [0.2, 0.25) is 0 Å². The van der Waals surface area contributed by atoms with Gasteiger partial charge < -0.3 is 15.2 Å². The van der Waals surface area contributed by atoms with Gasteiger partial charge in [0.05, 0.1) is 13.7 Å². The van der Waals surface area contributed by atoms with Crippen LogP contribution >= 0.6 is 0 Å². The van der Waals surface area contributed by atoms with Crippen molar-refractivity contribution in [3.05, 3.63) is 41.7 Å². The van der Waals surface area contributed by atoms with Gasteiger partial charge in [0.25, 0.3) is 0 Å². The fourth-order valence-corrected chi connectivity index (χ4v) is 2.50. The first-order valence-corrected chi connectivity index (χ1v) is 6.61. The Bertz CT molecular complexity index is 616. The van der Waals surface area contributed by atoms with E-state index in [9.17, 15) is 0 Å². The molecule has 0 fully saturated rings. The number of hydrogen-bond donors (Lipinski definition) is 1. The molecule has 5 nitrogen and oxygen atoms in total. The van der Waals surface area contributed by atoms with E-state index >= 15 is 0 Å². The molecule has 1 atom stereocenters. The van der Waals surface area contributed by atoms with E-state index in [1.165, 1.54) is 5.56 Å². The third-order valence-electron chi connectivity index (χ3n) is 3.49. The van der Waals surface area contributed by atoms with E-state index in [2.05, 4.69) is 16.0 Å². The second-order valence-corrected chi connectivity index (χ2v) is 4.97. The molecule has 1 aromatic heterocycles. The first-order valence-electron chi connectivity index (χ1n) is 6.61. The molecule has 2 aromatic rings. The number of benzene rings is 1. The maximum absolute atomic E-state index is 5.83. The molecule has 2 heterocycles. The molecule has 0 amide bonds. The van der Waals surface area contributed by atoms with Gasteiger partial charge in [-0.1, -0.05) is 6.07 Å². The standard InChI is InChI=1S/C15H17N3O2/c1-19-13-3-2-11-6-10(9-20-14(11)8-13)7-12-4-5-17-15(16)18-12/h2-5,8,10H,6-7,9H2,1H3,(H2,16,17,18)/t10-/m1/s1. The highest BCUT2D eigenvalue weighted by Crippen LogP contribution is 2.31. The molecule has 0 radical (unpaired) electrons. The Morgan fingerprint density at radius 1 is 1.40 bits per heavy atom. The molecule has 2 N–H and O–H groups in total. The number of nitrogens with two attached hydrogens (primary N) is 1. The third-order valence-corrected chi connectivity index (χ3v) is 3.49. The first-order chi connectivity index (χ1) is 9.74. The van der Waals surface area contributed by atoms with E-state index in [-0.39, 0.29) is 0 Å². The molecule has 0 aliphatic carbocycles. The molecule has 0 saturated heterocycles. The van der Waals surface area contributed by atoms with E-state index in [4.69, 9.17) is 15.2 Å². The van der Waals surface area contributed by atoms with Gasteiger partial charge in [-0.3, -0.25) is 0 Å². The number of methoxy groups -OCH3 is 1. The van der Waals surface area contributed by atoms with E-state index in [0.717, 1.165) is 30.0 Å². The van der Waals surface area contributed by atoms with Crippen LogP contribution in [-0.4, -0.2) is 23.7 Å². The van der Waals surface area contributed by atoms with Crippen LogP contribution in [0.25, 0.3) is 0 Å². The number of nitrogens with zero attached hydrogens (tertiary/aromatic N) is 2. The first kappa shape index (κ1) is 12.7. The van der Waals surface area contributed by atoms with Crippen LogP contribution < -0.4 is 15.2 Å². The maximum Gasteiger partial charge on any atom is 0.220 e. The van der Waals surface area contributed by atoms with Crippen molar-refractivity contribution in [2.24, 2.45) is 5.92 Å². The Kier molecular flexibility index (Phi) is 3.41. The van der Waals surface area contributed by atoms with Crippen LogP contribution in [0.15, 0.2) is 30.5 Å². The molecule has 5 heteroatoms. The molecule has 0 saturated carbocycles. The number of rotatable bonds is 3. The van der Waals surface area contributed by atoms with Gasteiger partial charge in [-0.15, -0.1) is 0 Å². The monoisotopic (exact) mass is 271 g/mol. The van der Waals surface area contributed by atoms with Crippen LogP contribution in [0.1, 0.15) is 11.3 Å². The highest BCUT2D eigenvalue weighted by atomic mass is 16.5. The van der Waals surface area contributed by atoms with Crippen molar-refractivity contribution in [1.29, 1.82) is 0 Å².